The van der Waals surface area contributed by atoms with Crippen molar-refractivity contribution in [3.63, 3.8) is 0 Å². The van der Waals surface area contributed by atoms with Crippen molar-refractivity contribution >= 4 is 30.7 Å². The van der Waals surface area contributed by atoms with Crippen LogP contribution in [0, 0.1) is 11.8 Å². The molecule has 6 nitrogen and oxygen atoms in total. The zero-order chi connectivity index (χ0) is 17.5. The molecule has 1 saturated heterocycles. The third kappa shape index (κ3) is 7.24. The Hall–Kier alpha value is -0.850. The fraction of sp³-hybridized carbons (Fsp3) is 0.842. The lowest BCUT2D eigenvalue weighted by atomic mass is 9.84. The molecule has 0 saturated carbocycles. The molecule has 1 aromatic heterocycles. The highest BCUT2D eigenvalue weighted by atomic mass is 35.5. The first-order chi connectivity index (χ1) is 12.2. The molecule has 0 radical (unpaired) electrons. The normalized spacial score (nSPS) is 18.4. The van der Waals surface area contributed by atoms with Crippen LogP contribution in [0.5, 0.6) is 0 Å². The van der Waals surface area contributed by atoms with Crippen LogP contribution in [0.1, 0.15) is 63.5 Å². The summed E-state index contributed by atoms with van der Waals surface area (Å²) >= 11 is 0. The van der Waals surface area contributed by atoms with Gasteiger partial charge in [-0.05, 0) is 57.0 Å². The number of fused-ring (bicyclic) bond motifs is 1. The molecule has 1 amide bonds. The van der Waals surface area contributed by atoms with E-state index in [9.17, 15) is 4.79 Å². The summed E-state index contributed by atoms with van der Waals surface area (Å²) in [5.41, 5.74) is 0. The average Bonchev–Trinajstić information content (AvgIpc) is 2.86. The second-order valence-corrected chi connectivity index (χ2v) is 7.72. The zero-order valence-corrected chi connectivity index (χ0v) is 18.0. The lowest BCUT2D eigenvalue weighted by molar-refractivity contribution is -0.122. The summed E-state index contributed by atoms with van der Waals surface area (Å²) in [5.74, 6) is 3.61. The van der Waals surface area contributed by atoms with E-state index >= 15 is 0 Å². The molecule has 1 unspecified atom stereocenters. The Labute approximate surface area is 175 Å². The Kier molecular flexibility index (Phi) is 11.3. The minimum atomic E-state index is 0. The third-order valence-electron chi connectivity index (χ3n) is 5.78. The molecule has 2 aliphatic heterocycles. The second kappa shape index (κ2) is 12.6. The van der Waals surface area contributed by atoms with Crippen molar-refractivity contribution in [2.24, 2.45) is 11.8 Å². The summed E-state index contributed by atoms with van der Waals surface area (Å²) in [6.07, 6.45) is 9.69. The maximum Gasteiger partial charge on any atom is 0.220 e. The maximum absolute atomic E-state index is 12.2. The number of hydrogen-bond donors (Lipinski definition) is 2. The van der Waals surface area contributed by atoms with Gasteiger partial charge in [-0.15, -0.1) is 35.0 Å². The van der Waals surface area contributed by atoms with Crippen molar-refractivity contribution in [1.29, 1.82) is 0 Å². The number of nitrogens with zero attached hydrogens (tertiary/aromatic N) is 3. The SMILES string of the molecule is CC(CC(=O)NCCCc1nnc2n1CCCCC2)C1CCNCC1.Cl.Cl. The first kappa shape index (κ1) is 24.2. The van der Waals surface area contributed by atoms with Gasteiger partial charge in [-0.2, -0.15) is 0 Å². The molecule has 27 heavy (non-hydrogen) atoms. The van der Waals surface area contributed by atoms with Gasteiger partial charge >= 0.3 is 0 Å². The number of piperidine rings is 1. The van der Waals surface area contributed by atoms with Gasteiger partial charge < -0.3 is 15.2 Å². The minimum absolute atomic E-state index is 0. The molecule has 3 rings (SSSR count). The van der Waals surface area contributed by atoms with Crippen molar-refractivity contribution in [3.8, 4) is 0 Å². The summed E-state index contributed by atoms with van der Waals surface area (Å²) in [5, 5.41) is 15.2. The van der Waals surface area contributed by atoms with Crippen LogP contribution < -0.4 is 10.6 Å². The summed E-state index contributed by atoms with van der Waals surface area (Å²) in [4.78, 5) is 12.2. The van der Waals surface area contributed by atoms with E-state index in [1.165, 1.54) is 32.1 Å². The molecule has 2 aliphatic rings. The molecule has 0 bridgehead atoms. The van der Waals surface area contributed by atoms with E-state index in [0.29, 0.717) is 18.3 Å². The van der Waals surface area contributed by atoms with Gasteiger partial charge in [0.15, 0.2) is 0 Å². The van der Waals surface area contributed by atoms with Crippen molar-refractivity contribution in [1.82, 2.24) is 25.4 Å². The molecule has 8 heteroatoms. The first-order valence-corrected chi connectivity index (χ1v) is 10.1. The summed E-state index contributed by atoms with van der Waals surface area (Å²) in [6.45, 7) is 6.21. The number of halogens is 2. The highest BCUT2D eigenvalue weighted by molar-refractivity contribution is 5.85. The molecule has 0 aromatic carbocycles. The Morgan fingerprint density at radius 3 is 2.78 bits per heavy atom. The average molecular weight is 420 g/mol. The number of amides is 1. The Morgan fingerprint density at radius 2 is 2.00 bits per heavy atom. The molecule has 3 heterocycles. The lowest BCUT2D eigenvalue weighted by Crippen LogP contribution is -2.33. The molecule has 0 spiro atoms. The molecule has 1 fully saturated rings. The van der Waals surface area contributed by atoms with E-state index in [-0.39, 0.29) is 30.7 Å². The molecule has 156 valence electrons. The van der Waals surface area contributed by atoms with Gasteiger partial charge in [0.2, 0.25) is 5.91 Å². The van der Waals surface area contributed by atoms with Crippen LogP contribution >= 0.6 is 24.8 Å². The molecule has 2 N–H and O–H groups in total. The van der Waals surface area contributed by atoms with Gasteiger partial charge in [-0.3, -0.25) is 4.79 Å². The fourth-order valence-electron chi connectivity index (χ4n) is 4.15. The smallest absolute Gasteiger partial charge is 0.220 e. The number of carbonyl (C=O) groups is 1. The monoisotopic (exact) mass is 419 g/mol. The Balaban J connectivity index is 0.00000182. The van der Waals surface area contributed by atoms with Crippen LogP contribution in [0.15, 0.2) is 0 Å². The van der Waals surface area contributed by atoms with Gasteiger partial charge in [0.1, 0.15) is 11.6 Å². The van der Waals surface area contributed by atoms with Gasteiger partial charge in [0.25, 0.3) is 0 Å². The van der Waals surface area contributed by atoms with Crippen LogP contribution in [0.3, 0.4) is 0 Å². The molecule has 1 aromatic rings. The Bertz CT molecular complexity index is 560. The van der Waals surface area contributed by atoms with Crippen molar-refractivity contribution < 1.29 is 4.79 Å². The highest BCUT2D eigenvalue weighted by Gasteiger charge is 2.22. The predicted molar refractivity (Wildman–Crippen MR) is 113 cm³/mol. The minimum Gasteiger partial charge on any atom is -0.356 e. The number of nitrogens with one attached hydrogen (secondary N) is 2. The number of aromatic nitrogens is 3. The van der Waals surface area contributed by atoms with Gasteiger partial charge in [0, 0.05) is 32.4 Å². The highest BCUT2D eigenvalue weighted by Crippen LogP contribution is 2.24. The fourth-order valence-corrected chi connectivity index (χ4v) is 4.15. The second-order valence-electron chi connectivity index (χ2n) is 7.72. The van der Waals surface area contributed by atoms with Crippen LogP contribution in [0.2, 0.25) is 0 Å². The van der Waals surface area contributed by atoms with E-state index in [1.807, 2.05) is 0 Å². The Morgan fingerprint density at radius 1 is 1.22 bits per heavy atom. The topological polar surface area (TPSA) is 71.8 Å². The van der Waals surface area contributed by atoms with Crippen molar-refractivity contribution in [2.75, 3.05) is 19.6 Å². The number of carbonyl (C=O) groups excluding carboxylic acids is 1. The summed E-state index contributed by atoms with van der Waals surface area (Å²) < 4.78 is 2.30. The van der Waals surface area contributed by atoms with E-state index in [1.54, 1.807) is 0 Å². The third-order valence-corrected chi connectivity index (χ3v) is 5.78. The van der Waals surface area contributed by atoms with E-state index in [0.717, 1.165) is 57.1 Å². The van der Waals surface area contributed by atoms with Crippen LogP contribution in [-0.2, 0) is 24.2 Å². The van der Waals surface area contributed by atoms with Crippen molar-refractivity contribution in [3.05, 3.63) is 11.6 Å². The van der Waals surface area contributed by atoms with Crippen molar-refractivity contribution in [2.45, 2.75) is 71.3 Å². The van der Waals surface area contributed by atoms with Crippen LogP contribution in [-0.4, -0.2) is 40.3 Å². The van der Waals surface area contributed by atoms with E-state index in [2.05, 4.69) is 32.3 Å². The van der Waals surface area contributed by atoms with E-state index < -0.39 is 0 Å². The van der Waals surface area contributed by atoms with Crippen LogP contribution in [0.4, 0.5) is 0 Å². The zero-order valence-electron chi connectivity index (χ0n) is 16.4. The number of rotatable bonds is 7. The van der Waals surface area contributed by atoms with Gasteiger partial charge in [-0.1, -0.05) is 13.3 Å². The molecular weight excluding hydrogens is 385 g/mol. The lowest BCUT2D eigenvalue weighted by Gasteiger charge is -2.27. The van der Waals surface area contributed by atoms with Gasteiger partial charge in [-0.25, -0.2) is 0 Å². The molecule has 0 aliphatic carbocycles. The first-order valence-electron chi connectivity index (χ1n) is 10.1. The standard InChI is InChI=1S/C19H33N5O.2ClH/c1-15(16-8-11-20-12-9-16)14-19(25)21-10-5-7-18-23-22-17-6-3-2-4-13-24(17)18;;/h15-16,20H,2-14H2,1H3,(H,21,25);2*1H. The summed E-state index contributed by atoms with van der Waals surface area (Å²) in [6, 6.07) is 0. The largest absolute Gasteiger partial charge is 0.356 e. The molecular formula is C19H35Cl2N5O. The maximum atomic E-state index is 12.2. The predicted octanol–water partition coefficient (Wildman–Crippen LogP) is 2.92. The summed E-state index contributed by atoms with van der Waals surface area (Å²) in [7, 11) is 0. The quantitative estimate of drug-likeness (QED) is 0.666. The number of aryl methyl sites for hydroxylation is 2. The van der Waals surface area contributed by atoms with E-state index in [4.69, 9.17) is 0 Å². The van der Waals surface area contributed by atoms with Crippen LogP contribution in [0.25, 0.3) is 0 Å². The molecule has 1 atom stereocenters. The number of hydrogen-bond acceptors (Lipinski definition) is 4. The van der Waals surface area contributed by atoms with Gasteiger partial charge in [0.05, 0.1) is 0 Å².